The van der Waals surface area contributed by atoms with Crippen LogP contribution in [0.5, 0.6) is 0 Å². The molecule has 2 amide bonds. The lowest BCUT2D eigenvalue weighted by atomic mass is 10.4. The van der Waals surface area contributed by atoms with Crippen LogP contribution < -0.4 is 21.7 Å². The van der Waals surface area contributed by atoms with Gasteiger partial charge < -0.3 is 0 Å². The van der Waals surface area contributed by atoms with Crippen LogP contribution in [0.4, 0.5) is 0 Å². The molecule has 0 heterocycles. The van der Waals surface area contributed by atoms with Gasteiger partial charge in [-0.1, -0.05) is 0 Å². The Morgan fingerprint density at radius 2 is 1.36 bits per heavy atom. The minimum atomic E-state index is -0.375. The van der Waals surface area contributed by atoms with E-state index >= 15 is 0 Å². The van der Waals surface area contributed by atoms with E-state index in [0.717, 1.165) is 0 Å². The van der Waals surface area contributed by atoms with Gasteiger partial charge in [-0.25, -0.2) is 10.9 Å². The summed E-state index contributed by atoms with van der Waals surface area (Å²) in [6.07, 6.45) is -0.193. The minimum absolute atomic E-state index is 0.193. The predicted octanol–water partition coefficient (Wildman–Crippen LogP) is -2.12. The SMILES string of the molecule is CNNC(=O)CC(=O)NNC. The minimum Gasteiger partial charge on any atom is -0.291 e. The lowest BCUT2D eigenvalue weighted by molar-refractivity contribution is -0.130. The van der Waals surface area contributed by atoms with Crippen LogP contribution in [0.15, 0.2) is 0 Å². The van der Waals surface area contributed by atoms with Gasteiger partial charge >= 0.3 is 0 Å². The maximum Gasteiger partial charge on any atom is 0.243 e. The van der Waals surface area contributed by atoms with Gasteiger partial charge in [-0.15, -0.1) is 0 Å². The molecule has 0 saturated heterocycles. The number of amides is 2. The number of hydrazine groups is 2. The van der Waals surface area contributed by atoms with Crippen molar-refractivity contribution in [3.05, 3.63) is 0 Å². The van der Waals surface area contributed by atoms with Gasteiger partial charge in [0.15, 0.2) is 0 Å². The molecule has 0 aliphatic carbocycles. The summed E-state index contributed by atoms with van der Waals surface area (Å²) in [7, 11) is 3.10. The lowest BCUT2D eigenvalue weighted by Crippen LogP contribution is -2.41. The zero-order chi connectivity index (χ0) is 8.69. The fraction of sp³-hybridized carbons (Fsp3) is 0.600. The highest BCUT2D eigenvalue weighted by Gasteiger charge is 2.05. The summed E-state index contributed by atoms with van der Waals surface area (Å²) in [4.78, 5) is 21.3. The van der Waals surface area contributed by atoms with Crippen molar-refractivity contribution in [2.75, 3.05) is 14.1 Å². The molecule has 0 unspecified atom stereocenters. The molecule has 11 heavy (non-hydrogen) atoms. The van der Waals surface area contributed by atoms with Crippen LogP contribution in [0.25, 0.3) is 0 Å². The van der Waals surface area contributed by atoms with Crippen molar-refractivity contribution in [1.82, 2.24) is 21.7 Å². The summed E-state index contributed by atoms with van der Waals surface area (Å²) in [6.45, 7) is 0. The maximum absolute atomic E-state index is 10.7. The molecule has 4 N–H and O–H groups in total. The monoisotopic (exact) mass is 160 g/mol. The number of hydrogen-bond donors (Lipinski definition) is 4. The highest BCUT2D eigenvalue weighted by atomic mass is 16.2. The van der Waals surface area contributed by atoms with Gasteiger partial charge in [0.25, 0.3) is 0 Å². The van der Waals surface area contributed by atoms with E-state index in [0.29, 0.717) is 0 Å². The molecule has 0 aromatic rings. The van der Waals surface area contributed by atoms with E-state index in [1.807, 2.05) is 0 Å². The van der Waals surface area contributed by atoms with Gasteiger partial charge in [0, 0.05) is 14.1 Å². The first-order valence-corrected chi connectivity index (χ1v) is 3.12. The third kappa shape index (κ3) is 5.31. The molecule has 0 saturated carbocycles. The molecule has 0 rings (SSSR count). The van der Waals surface area contributed by atoms with Gasteiger partial charge in [-0.2, -0.15) is 0 Å². The first-order valence-electron chi connectivity index (χ1n) is 3.12. The third-order valence-corrected chi connectivity index (χ3v) is 0.850. The second-order valence-corrected chi connectivity index (χ2v) is 1.77. The van der Waals surface area contributed by atoms with E-state index in [9.17, 15) is 9.59 Å². The zero-order valence-electron chi connectivity index (χ0n) is 6.52. The summed E-state index contributed by atoms with van der Waals surface area (Å²) in [6, 6.07) is 0. The lowest BCUT2D eigenvalue weighted by Gasteiger charge is -2.02. The van der Waals surface area contributed by atoms with Crippen molar-refractivity contribution < 1.29 is 9.59 Å². The highest BCUT2D eigenvalue weighted by Crippen LogP contribution is 1.75. The van der Waals surface area contributed by atoms with Crippen LogP contribution in [0.1, 0.15) is 6.42 Å². The van der Waals surface area contributed by atoms with Crippen molar-refractivity contribution in [2.45, 2.75) is 6.42 Å². The Kier molecular flexibility index (Phi) is 5.05. The Balaban J connectivity index is 3.49. The Morgan fingerprint density at radius 3 is 1.64 bits per heavy atom. The number of rotatable bonds is 4. The summed E-state index contributed by atoms with van der Waals surface area (Å²) in [5.74, 6) is -0.750. The molecule has 0 aromatic heterocycles. The second kappa shape index (κ2) is 5.63. The van der Waals surface area contributed by atoms with Crippen molar-refractivity contribution in [1.29, 1.82) is 0 Å². The van der Waals surface area contributed by atoms with Crippen LogP contribution in [0.3, 0.4) is 0 Å². The van der Waals surface area contributed by atoms with Crippen LogP contribution in [0.2, 0.25) is 0 Å². The van der Waals surface area contributed by atoms with E-state index in [2.05, 4.69) is 21.7 Å². The molecule has 0 atom stereocenters. The van der Waals surface area contributed by atoms with E-state index in [-0.39, 0.29) is 18.2 Å². The molecule has 0 radical (unpaired) electrons. The van der Waals surface area contributed by atoms with E-state index in [1.165, 1.54) is 0 Å². The smallest absolute Gasteiger partial charge is 0.243 e. The van der Waals surface area contributed by atoms with Crippen molar-refractivity contribution in [2.24, 2.45) is 0 Å². The molecule has 0 aliphatic rings. The van der Waals surface area contributed by atoms with Gasteiger partial charge in [0.05, 0.1) is 0 Å². The average Bonchev–Trinajstić information content (AvgIpc) is 1.87. The Bertz CT molecular complexity index is 131. The number of nitrogens with one attached hydrogen (secondary N) is 4. The standard InChI is InChI=1S/C5H12N4O2/c1-6-8-4(10)3-5(11)9-7-2/h6-7H,3H2,1-2H3,(H,8,10)(H,9,11). The van der Waals surface area contributed by atoms with Crippen LogP contribution >= 0.6 is 0 Å². The predicted molar refractivity (Wildman–Crippen MR) is 39.0 cm³/mol. The van der Waals surface area contributed by atoms with Gasteiger partial charge in [0.2, 0.25) is 11.8 Å². The molecule has 6 heteroatoms. The van der Waals surface area contributed by atoms with Gasteiger partial charge in [-0.05, 0) is 0 Å². The first-order chi connectivity index (χ1) is 5.20. The van der Waals surface area contributed by atoms with Crippen LogP contribution in [-0.2, 0) is 9.59 Å². The van der Waals surface area contributed by atoms with E-state index < -0.39 is 0 Å². The molecular formula is C5H12N4O2. The van der Waals surface area contributed by atoms with Crippen molar-refractivity contribution >= 4 is 11.8 Å². The molecule has 0 fully saturated rings. The topological polar surface area (TPSA) is 82.3 Å². The zero-order valence-corrected chi connectivity index (χ0v) is 6.52. The number of carbonyl (C=O) groups excluding carboxylic acids is 2. The van der Waals surface area contributed by atoms with Gasteiger partial charge in [0.1, 0.15) is 6.42 Å². The summed E-state index contributed by atoms with van der Waals surface area (Å²) in [5.41, 5.74) is 9.34. The molecule has 0 aliphatic heterocycles. The van der Waals surface area contributed by atoms with Crippen LogP contribution in [0, 0.1) is 0 Å². The van der Waals surface area contributed by atoms with E-state index in [4.69, 9.17) is 0 Å². The normalized spacial score (nSPS) is 8.91. The Hall–Kier alpha value is -1.14. The third-order valence-electron chi connectivity index (χ3n) is 0.850. The molecule has 0 aromatic carbocycles. The fourth-order valence-corrected chi connectivity index (χ4v) is 0.513. The average molecular weight is 160 g/mol. The summed E-state index contributed by atoms with van der Waals surface area (Å²) < 4.78 is 0. The Labute approximate surface area is 64.7 Å². The van der Waals surface area contributed by atoms with Crippen molar-refractivity contribution in [3.63, 3.8) is 0 Å². The first kappa shape index (κ1) is 9.86. The quantitative estimate of drug-likeness (QED) is 0.280. The maximum atomic E-state index is 10.7. The van der Waals surface area contributed by atoms with Crippen molar-refractivity contribution in [3.8, 4) is 0 Å². The molecule has 64 valence electrons. The molecule has 0 bridgehead atoms. The molecule has 6 nitrogen and oxygen atoms in total. The number of hydrogen-bond acceptors (Lipinski definition) is 4. The largest absolute Gasteiger partial charge is 0.291 e. The van der Waals surface area contributed by atoms with E-state index in [1.54, 1.807) is 14.1 Å². The van der Waals surface area contributed by atoms with Crippen LogP contribution in [-0.4, -0.2) is 25.9 Å². The molecular weight excluding hydrogens is 148 g/mol. The Morgan fingerprint density at radius 1 is 1.00 bits per heavy atom. The van der Waals surface area contributed by atoms with Gasteiger partial charge in [-0.3, -0.25) is 20.4 Å². The molecule has 0 spiro atoms. The summed E-state index contributed by atoms with van der Waals surface area (Å²) in [5, 5.41) is 0. The second-order valence-electron chi connectivity index (χ2n) is 1.77. The summed E-state index contributed by atoms with van der Waals surface area (Å²) >= 11 is 0. The fourth-order valence-electron chi connectivity index (χ4n) is 0.513. The highest BCUT2D eigenvalue weighted by molar-refractivity contribution is 5.96. The number of carbonyl (C=O) groups is 2.